The summed E-state index contributed by atoms with van der Waals surface area (Å²) in [5.41, 5.74) is 4.42. The van der Waals surface area contributed by atoms with Gasteiger partial charge in [0.05, 0.1) is 6.61 Å². The van der Waals surface area contributed by atoms with Crippen molar-refractivity contribution in [3.05, 3.63) is 22.7 Å². The second-order valence-electron chi connectivity index (χ2n) is 7.93. The van der Waals surface area contributed by atoms with E-state index >= 15 is 0 Å². The Morgan fingerprint density at radius 1 is 0.917 bits per heavy atom. The summed E-state index contributed by atoms with van der Waals surface area (Å²) >= 11 is 0. The molecule has 206 valence electrons. The number of nitrogens with zero attached hydrogens (tertiary/aromatic N) is 2. The zero-order valence-corrected chi connectivity index (χ0v) is 19.7. The van der Waals surface area contributed by atoms with Gasteiger partial charge in [-0.1, -0.05) is 0 Å². The van der Waals surface area contributed by atoms with Crippen LogP contribution in [0.15, 0.2) is 17.1 Å². The van der Waals surface area contributed by atoms with Crippen LogP contribution in [0.2, 0.25) is 0 Å². The van der Waals surface area contributed by atoms with Gasteiger partial charge in [-0.3, -0.25) is 13.6 Å². The van der Waals surface area contributed by atoms with E-state index in [1.807, 2.05) is 0 Å². The van der Waals surface area contributed by atoms with Crippen LogP contribution in [0, 0.1) is 0 Å². The molecule has 0 radical (unpaired) electrons. The van der Waals surface area contributed by atoms with Crippen LogP contribution in [0.4, 0.5) is 5.82 Å². The summed E-state index contributed by atoms with van der Waals surface area (Å²) in [4.78, 5) is 34.9. The molecule has 3 rings (SSSR count). The summed E-state index contributed by atoms with van der Waals surface area (Å²) in [6.07, 6.45) is -18.5. The second-order valence-corrected chi connectivity index (χ2v) is 10.9. The number of ether oxygens (including phenoxy) is 1. The highest BCUT2D eigenvalue weighted by atomic mass is 31.3. The number of hydrogen-bond donors (Lipinski definition) is 10. The van der Waals surface area contributed by atoms with Crippen LogP contribution in [-0.2, 0) is 27.2 Å². The molecule has 1 aliphatic heterocycles. The maximum Gasteiger partial charge on any atom is 0.481 e. The Morgan fingerprint density at radius 2 is 1.47 bits per heavy atom. The van der Waals surface area contributed by atoms with E-state index in [1.54, 1.807) is 0 Å². The van der Waals surface area contributed by atoms with Crippen molar-refractivity contribution < 1.29 is 72.8 Å². The lowest BCUT2D eigenvalue weighted by molar-refractivity contribution is -0.219. The molecule has 36 heavy (non-hydrogen) atoms. The topological polar surface area (TPSA) is 314 Å². The Hall–Kier alpha value is -1.38. The van der Waals surface area contributed by atoms with Gasteiger partial charge in [0.1, 0.15) is 60.8 Å². The van der Waals surface area contributed by atoms with E-state index in [0.29, 0.717) is 0 Å². The van der Waals surface area contributed by atoms with E-state index in [4.69, 9.17) is 10.5 Å². The number of anilines is 1. The number of rotatable bonds is 8. The number of phosphoric acid groups is 2. The van der Waals surface area contributed by atoms with Crippen molar-refractivity contribution in [3.8, 4) is 0 Å². The molecular formula is C15H25N3O16P2. The summed E-state index contributed by atoms with van der Waals surface area (Å²) in [7, 11) is -11.2. The van der Waals surface area contributed by atoms with Crippen molar-refractivity contribution >= 4 is 21.5 Å². The lowest BCUT2D eigenvalue weighted by atomic mass is 9.85. The van der Waals surface area contributed by atoms with Crippen molar-refractivity contribution in [3.63, 3.8) is 0 Å². The van der Waals surface area contributed by atoms with E-state index in [1.165, 1.54) is 6.07 Å². The molecule has 1 saturated carbocycles. The first kappa shape index (κ1) is 29.2. The second kappa shape index (κ2) is 10.8. The highest BCUT2D eigenvalue weighted by molar-refractivity contribution is 7.61. The van der Waals surface area contributed by atoms with E-state index < -0.39 is 89.1 Å². The van der Waals surface area contributed by atoms with Crippen LogP contribution in [0.3, 0.4) is 0 Å². The first-order valence-corrected chi connectivity index (χ1v) is 13.0. The molecule has 2 heterocycles. The monoisotopic (exact) mass is 565 g/mol. The number of nitrogen functional groups attached to an aromatic ring is 1. The normalized spacial score (nSPS) is 40.5. The molecule has 2 fully saturated rings. The number of aliphatic hydroxyl groups excluding tert-OH is 7. The zero-order chi connectivity index (χ0) is 27.2. The molecule has 12 atom stereocenters. The lowest BCUT2D eigenvalue weighted by Gasteiger charge is -2.41. The van der Waals surface area contributed by atoms with Gasteiger partial charge in [-0.15, -0.1) is 0 Å². The smallest absolute Gasteiger partial charge is 0.387 e. The highest BCUT2D eigenvalue weighted by Gasteiger charge is 2.52. The van der Waals surface area contributed by atoms with Gasteiger partial charge in [0.2, 0.25) is 0 Å². The van der Waals surface area contributed by atoms with Crippen LogP contribution in [-0.4, -0.2) is 117 Å². The van der Waals surface area contributed by atoms with E-state index in [9.17, 15) is 59.5 Å². The maximum absolute atomic E-state index is 12.2. The van der Waals surface area contributed by atoms with Gasteiger partial charge in [-0.05, 0) is 6.07 Å². The van der Waals surface area contributed by atoms with Crippen molar-refractivity contribution in [2.45, 2.75) is 61.2 Å². The number of phosphoric ester groups is 2. The molecule has 0 amide bonds. The first-order chi connectivity index (χ1) is 16.5. The van der Waals surface area contributed by atoms with Gasteiger partial charge < -0.3 is 56.0 Å². The predicted octanol–water partition coefficient (Wildman–Crippen LogP) is -5.12. The Balaban J connectivity index is 1.63. The Morgan fingerprint density at radius 3 is 2.03 bits per heavy atom. The SMILES string of the molecule is Nc1ccn([C@@H]2O[C@H](COP(=O)(O)OP(=O)(O)OC3[C@@H](O)[C@H](O)C(O)[C@H](O)[C@@H]3O)[C@@H](O)[C@H]2O)c(=O)n1. The van der Waals surface area contributed by atoms with E-state index in [-0.39, 0.29) is 5.82 Å². The predicted molar refractivity (Wildman–Crippen MR) is 110 cm³/mol. The third-order valence-electron chi connectivity index (χ3n) is 5.40. The molecule has 1 saturated heterocycles. The van der Waals surface area contributed by atoms with Crippen LogP contribution in [0.5, 0.6) is 0 Å². The average molecular weight is 565 g/mol. The molecule has 1 aromatic heterocycles. The molecule has 1 aromatic rings. The zero-order valence-electron chi connectivity index (χ0n) is 17.9. The van der Waals surface area contributed by atoms with Gasteiger partial charge in [0, 0.05) is 6.20 Å². The fraction of sp³-hybridized carbons (Fsp3) is 0.733. The Bertz CT molecular complexity index is 1070. The minimum absolute atomic E-state index is 0.133. The average Bonchev–Trinajstić information content (AvgIpc) is 3.06. The molecule has 4 unspecified atom stereocenters. The number of aliphatic hydroxyl groups is 7. The van der Waals surface area contributed by atoms with Crippen LogP contribution in [0.1, 0.15) is 6.23 Å². The van der Waals surface area contributed by atoms with Gasteiger partial charge >= 0.3 is 21.3 Å². The summed E-state index contributed by atoms with van der Waals surface area (Å²) < 4.78 is 43.3. The molecule has 0 aromatic carbocycles. The fourth-order valence-corrected chi connectivity index (χ4v) is 5.81. The summed E-state index contributed by atoms with van der Waals surface area (Å²) in [6.45, 7) is -1.03. The Labute approximate surface area is 200 Å². The molecule has 11 N–H and O–H groups in total. The molecule has 0 bridgehead atoms. The third kappa shape index (κ3) is 6.18. The van der Waals surface area contributed by atoms with Gasteiger partial charge in [-0.2, -0.15) is 9.29 Å². The largest absolute Gasteiger partial charge is 0.481 e. The van der Waals surface area contributed by atoms with Crippen molar-refractivity contribution in [2.75, 3.05) is 12.3 Å². The number of nitrogens with two attached hydrogens (primary N) is 1. The molecule has 2 aliphatic rings. The highest BCUT2D eigenvalue weighted by Crippen LogP contribution is 2.61. The number of hydrogen-bond acceptors (Lipinski definition) is 16. The summed E-state index contributed by atoms with van der Waals surface area (Å²) in [5.74, 6) is -0.133. The number of aromatic nitrogens is 2. The molecular weight excluding hydrogens is 540 g/mol. The van der Waals surface area contributed by atoms with Crippen molar-refractivity contribution in [1.29, 1.82) is 0 Å². The lowest BCUT2D eigenvalue weighted by Crippen LogP contribution is -2.64. The van der Waals surface area contributed by atoms with Gasteiger partial charge in [-0.25, -0.2) is 13.9 Å². The van der Waals surface area contributed by atoms with Gasteiger partial charge in [0.15, 0.2) is 6.23 Å². The van der Waals surface area contributed by atoms with Crippen LogP contribution >= 0.6 is 15.6 Å². The summed E-state index contributed by atoms with van der Waals surface area (Å²) in [5, 5.41) is 68.8. The van der Waals surface area contributed by atoms with Crippen LogP contribution in [0.25, 0.3) is 0 Å². The molecule has 21 heteroatoms. The van der Waals surface area contributed by atoms with Crippen LogP contribution < -0.4 is 11.4 Å². The minimum Gasteiger partial charge on any atom is -0.387 e. The summed E-state index contributed by atoms with van der Waals surface area (Å²) in [6, 6.07) is 1.20. The molecule has 1 aliphatic carbocycles. The quantitative estimate of drug-likeness (QED) is 0.132. The van der Waals surface area contributed by atoms with E-state index in [0.717, 1.165) is 10.8 Å². The molecule has 19 nitrogen and oxygen atoms in total. The van der Waals surface area contributed by atoms with Crippen molar-refractivity contribution in [1.82, 2.24) is 9.55 Å². The van der Waals surface area contributed by atoms with Gasteiger partial charge in [0.25, 0.3) is 0 Å². The maximum atomic E-state index is 12.2. The van der Waals surface area contributed by atoms with Crippen molar-refractivity contribution in [2.24, 2.45) is 0 Å². The van der Waals surface area contributed by atoms with E-state index in [2.05, 4.69) is 18.3 Å². The fourth-order valence-electron chi connectivity index (χ4n) is 3.53. The molecule has 0 spiro atoms. The standard InChI is InChI=1S/C15H25N3O16P2/c16-5-1-2-18(15(26)17-5)14-12(25)6(19)4(32-14)3-31-35(27,28)34-36(29,30)33-13-10(23)8(21)7(20)9(22)11(13)24/h1-2,4,6-14,19-25H,3H2,(H,27,28)(H,29,30)(H2,16,17,26)/t4-,6-,7?,8-,9+,10+,11+,12-,13?,14-/m1/s1. The Kier molecular flexibility index (Phi) is 8.73. The third-order valence-corrected chi connectivity index (χ3v) is 8.04. The minimum atomic E-state index is -5.67. The first-order valence-electron chi connectivity index (χ1n) is 10.0.